The highest BCUT2D eigenvalue weighted by Crippen LogP contribution is 2.58. The monoisotopic (exact) mass is 622 g/mol. The Hall–Kier alpha value is -4.14. The fourth-order valence-electron chi connectivity index (χ4n) is 8.40. The molecule has 3 heterocycles. The number of fused-ring (bicyclic) bond motifs is 3. The quantitative estimate of drug-likeness (QED) is 0.185. The number of carbonyl (C=O) groups excluding carboxylic acids is 1. The van der Waals surface area contributed by atoms with E-state index in [1.165, 1.54) is 0 Å². The van der Waals surface area contributed by atoms with Gasteiger partial charge in [0.05, 0.1) is 12.1 Å². The molecule has 46 heavy (non-hydrogen) atoms. The van der Waals surface area contributed by atoms with Crippen molar-refractivity contribution in [1.82, 2.24) is 5.32 Å². The maximum absolute atomic E-state index is 13.5. The van der Waals surface area contributed by atoms with Crippen LogP contribution >= 0.6 is 0 Å². The van der Waals surface area contributed by atoms with Crippen LogP contribution in [0.25, 0.3) is 11.0 Å². The van der Waals surface area contributed by atoms with Gasteiger partial charge in [-0.1, -0.05) is 49.3 Å². The van der Waals surface area contributed by atoms with Crippen molar-refractivity contribution in [3.63, 3.8) is 0 Å². The Morgan fingerprint density at radius 2 is 1.93 bits per heavy atom. The first kappa shape index (κ1) is 30.5. The van der Waals surface area contributed by atoms with Gasteiger partial charge in [-0.05, 0) is 80.5 Å². The molecule has 3 aromatic rings. The van der Waals surface area contributed by atoms with Gasteiger partial charge in [0.2, 0.25) is 0 Å². The van der Waals surface area contributed by atoms with Gasteiger partial charge in [0.1, 0.15) is 11.3 Å². The zero-order chi connectivity index (χ0) is 32.3. The zero-order valence-electron chi connectivity index (χ0n) is 26.7. The van der Waals surface area contributed by atoms with Crippen LogP contribution in [-0.4, -0.2) is 35.1 Å². The van der Waals surface area contributed by atoms with E-state index in [4.69, 9.17) is 19.6 Å². The number of hydrogen-bond donors (Lipinski definition) is 3. The third kappa shape index (κ3) is 4.73. The van der Waals surface area contributed by atoms with E-state index in [0.717, 1.165) is 53.3 Å². The minimum Gasteiger partial charge on any atom is -0.481 e. The molecule has 240 valence electrons. The molecule has 1 saturated carbocycles. The molecular weight excluding hydrogens is 580 g/mol. The number of esters is 1. The molecule has 0 bridgehead atoms. The van der Waals surface area contributed by atoms with Gasteiger partial charge >= 0.3 is 11.6 Å². The van der Waals surface area contributed by atoms with E-state index in [9.17, 15) is 14.7 Å². The lowest BCUT2D eigenvalue weighted by atomic mass is 9.59. The number of aliphatic hydroxyl groups excluding tert-OH is 1. The van der Waals surface area contributed by atoms with Gasteiger partial charge in [-0.15, -0.1) is 0 Å². The Kier molecular flexibility index (Phi) is 7.48. The molecule has 1 aromatic heterocycles. The van der Waals surface area contributed by atoms with E-state index < -0.39 is 11.2 Å². The summed E-state index contributed by atoms with van der Waals surface area (Å²) < 4.78 is 19.6. The average molecular weight is 623 g/mol. The van der Waals surface area contributed by atoms with Crippen molar-refractivity contribution in [2.45, 2.75) is 94.4 Å². The number of ether oxygens (including phenoxy) is 2. The number of aliphatic hydroxyl groups is 1. The second kappa shape index (κ2) is 11.3. The summed E-state index contributed by atoms with van der Waals surface area (Å²) in [7, 11) is 0. The number of carbonyl (C=O) groups is 1. The molecule has 4 unspecified atom stereocenters. The SMILES string of the molecule is CC=C(C)C(=O)OC1(C)Cc2ccccc2C(C2=CNC(N)C=C2)C12Cc1cc3cc(C4(CCO)CCCC4)c(=O)oc3cc1O2. The van der Waals surface area contributed by atoms with Crippen LogP contribution in [0.15, 0.2) is 87.3 Å². The minimum atomic E-state index is -1.08. The molecular formula is C38H42N2O6. The fraction of sp³-hybridized carbons (Fsp3) is 0.421. The summed E-state index contributed by atoms with van der Waals surface area (Å²) in [6.07, 6.45) is 12.6. The molecule has 8 heteroatoms. The summed E-state index contributed by atoms with van der Waals surface area (Å²) in [4.78, 5) is 27.0. The van der Waals surface area contributed by atoms with Crippen LogP contribution in [0.1, 0.15) is 81.0 Å². The van der Waals surface area contributed by atoms with Crippen molar-refractivity contribution >= 4 is 16.9 Å². The van der Waals surface area contributed by atoms with Crippen molar-refractivity contribution in [2.24, 2.45) is 5.73 Å². The van der Waals surface area contributed by atoms with E-state index in [1.54, 1.807) is 13.0 Å². The van der Waals surface area contributed by atoms with Gasteiger partial charge in [0, 0.05) is 53.7 Å². The van der Waals surface area contributed by atoms with Crippen LogP contribution < -0.4 is 21.4 Å². The lowest BCUT2D eigenvalue weighted by Gasteiger charge is -2.53. The Bertz CT molecular complexity index is 1860. The normalized spacial score (nSPS) is 27.9. The van der Waals surface area contributed by atoms with Gasteiger partial charge in [0.25, 0.3) is 0 Å². The molecule has 4 aliphatic rings. The van der Waals surface area contributed by atoms with Crippen molar-refractivity contribution in [1.29, 1.82) is 0 Å². The van der Waals surface area contributed by atoms with Crippen molar-refractivity contribution < 1.29 is 23.8 Å². The molecule has 7 rings (SSSR count). The van der Waals surface area contributed by atoms with Gasteiger partial charge in [-0.2, -0.15) is 0 Å². The average Bonchev–Trinajstić information content (AvgIpc) is 3.66. The van der Waals surface area contributed by atoms with E-state index in [2.05, 4.69) is 23.5 Å². The number of allylic oxidation sites excluding steroid dienone is 2. The van der Waals surface area contributed by atoms with Crippen molar-refractivity contribution in [3.05, 3.63) is 111 Å². The summed E-state index contributed by atoms with van der Waals surface area (Å²) in [5, 5.41) is 14.0. The molecule has 1 spiro atoms. The second-order valence-electron chi connectivity index (χ2n) is 13.7. The highest BCUT2D eigenvalue weighted by Gasteiger charge is 2.64. The van der Waals surface area contributed by atoms with Crippen molar-refractivity contribution in [3.8, 4) is 5.75 Å². The summed E-state index contributed by atoms with van der Waals surface area (Å²) >= 11 is 0. The van der Waals surface area contributed by atoms with E-state index in [1.807, 2.05) is 56.5 Å². The summed E-state index contributed by atoms with van der Waals surface area (Å²) in [5.74, 6) is -0.0995. The van der Waals surface area contributed by atoms with Gasteiger partial charge in [-0.25, -0.2) is 9.59 Å². The van der Waals surface area contributed by atoms with Crippen LogP contribution in [-0.2, 0) is 27.8 Å². The number of nitrogens with one attached hydrogen (secondary N) is 1. The van der Waals surface area contributed by atoms with Crippen LogP contribution in [0, 0.1) is 0 Å². The van der Waals surface area contributed by atoms with Crippen LogP contribution in [0.2, 0.25) is 0 Å². The Labute approximate surface area is 269 Å². The largest absolute Gasteiger partial charge is 0.481 e. The molecule has 0 radical (unpaired) electrons. The maximum Gasteiger partial charge on any atom is 0.340 e. The van der Waals surface area contributed by atoms with Gasteiger partial charge < -0.3 is 30.0 Å². The second-order valence-corrected chi connectivity index (χ2v) is 13.7. The summed E-state index contributed by atoms with van der Waals surface area (Å²) in [6, 6.07) is 14.1. The van der Waals surface area contributed by atoms with Crippen LogP contribution in [0.5, 0.6) is 5.75 Å². The number of rotatable bonds is 6. The molecule has 4 atom stereocenters. The first-order valence-corrected chi connectivity index (χ1v) is 16.4. The number of benzene rings is 2. The summed E-state index contributed by atoms with van der Waals surface area (Å²) in [5.41, 5.74) is 9.04. The van der Waals surface area contributed by atoms with Crippen LogP contribution in [0.4, 0.5) is 0 Å². The van der Waals surface area contributed by atoms with Gasteiger partial charge in [-0.3, -0.25) is 0 Å². The highest BCUT2D eigenvalue weighted by atomic mass is 16.6. The first-order chi connectivity index (χ1) is 22.1. The number of nitrogens with two attached hydrogens (primary N) is 1. The third-order valence-electron chi connectivity index (χ3n) is 11.0. The Morgan fingerprint density at radius 1 is 1.15 bits per heavy atom. The first-order valence-electron chi connectivity index (χ1n) is 16.4. The molecule has 2 aliphatic heterocycles. The predicted molar refractivity (Wildman–Crippen MR) is 177 cm³/mol. The van der Waals surface area contributed by atoms with E-state index >= 15 is 0 Å². The minimum absolute atomic E-state index is 0.0228. The lowest BCUT2D eigenvalue weighted by molar-refractivity contribution is -0.184. The zero-order valence-corrected chi connectivity index (χ0v) is 26.7. The maximum atomic E-state index is 13.5. The Morgan fingerprint density at radius 3 is 2.65 bits per heavy atom. The molecule has 0 amide bonds. The molecule has 1 fully saturated rings. The number of dihydropyridines is 1. The van der Waals surface area contributed by atoms with E-state index in [0.29, 0.717) is 41.7 Å². The molecule has 4 N–H and O–H groups in total. The lowest BCUT2D eigenvalue weighted by Crippen LogP contribution is -2.65. The third-order valence-corrected chi connectivity index (χ3v) is 11.0. The summed E-state index contributed by atoms with van der Waals surface area (Å²) in [6.45, 7) is 5.58. The molecule has 0 saturated heterocycles. The molecule has 2 aliphatic carbocycles. The van der Waals surface area contributed by atoms with Crippen molar-refractivity contribution in [2.75, 3.05) is 6.61 Å². The Balaban J connectivity index is 1.40. The predicted octanol–water partition coefficient (Wildman–Crippen LogP) is 5.60. The molecule has 2 aromatic carbocycles. The van der Waals surface area contributed by atoms with Crippen LogP contribution in [0.3, 0.4) is 0 Å². The molecule has 8 nitrogen and oxygen atoms in total. The highest BCUT2D eigenvalue weighted by molar-refractivity contribution is 5.88. The fourth-order valence-corrected chi connectivity index (χ4v) is 8.40. The topological polar surface area (TPSA) is 124 Å². The van der Waals surface area contributed by atoms with E-state index in [-0.39, 0.29) is 35.7 Å². The number of hydrogen-bond acceptors (Lipinski definition) is 8. The standard InChI is InChI=1S/C38H42N2O6/c1-4-23(2)34(42)46-36(3)20-24-9-5-6-10-28(24)33(25-11-12-32(39)40-22-25)38(36)21-27-17-26-18-29(37(15-16-41)13-7-8-14-37)35(43)44-30(26)19-31(27)45-38/h4-6,9-12,17-19,22,32-33,40-41H,7-8,13-16,20-21,39H2,1-3H3. The van der Waals surface area contributed by atoms with Gasteiger partial charge in [0.15, 0.2) is 11.2 Å². The smallest absolute Gasteiger partial charge is 0.340 e.